The van der Waals surface area contributed by atoms with Gasteiger partial charge in [0, 0.05) is 35.0 Å². The van der Waals surface area contributed by atoms with E-state index in [-0.39, 0.29) is 0 Å². The van der Waals surface area contributed by atoms with E-state index >= 15 is 0 Å². The molecule has 170 valence electrons. The molecule has 0 fully saturated rings. The van der Waals surface area contributed by atoms with Gasteiger partial charge in [0.2, 0.25) is 0 Å². The number of hydrogen-bond donors (Lipinski definition) is 0. The van der Waals surface area contributed by atoms with Crippen LogP contribution in [-0.4, -0.2) is 31.3 Å². The van der Waals surface area contributed by atoms with Gasteiger partial charge in [0.15, 0.2) is 0 Å². The summed E-state index contributed by atoms with van der Waals surface area (Å²) in [5.74, 6) is 1.69. The highest BCUT2D eigenvalue weighted by Crippen LogP contribution is 2.29. The number of aliphatic imine (C=N–C) groups is 1. The molecule has 1 aliphatic heterocycles. The summed E-state index contributed by atoms with van der Waals surface area (Å²) in [4.78, 5) is 13.6. The van der Waals surface area contributed by atoms with Crippen LogP contribution in [-0.2, 0) is 3.79 Å². The molecule has 0 unspecified atom stereocenters. The molecule has 0 saturated heterocycles. The molecule has 2 aromatic heterocycles. The highest BCUT2D eigenvalue weighted by Gasteiger charge is 2.46. The molecule has 7 heteroatoms. The fourth-order valence-corrected chi connectivity index (χ4v) is 5.25. The molecule has 0 N–H and O–H groups in total. The summed E-state index contributed by atoms with van der Waals surface area (Å²) in [5.41, 5.74) is 9.13. The Labute approximate surface area is 212 Å². The smallest absolute Gasteiger partial charge is 0.576 e. The predicted octanol–water partition coefficient (Wildman–Crippen LogP) is 5.90. The van der Waals surface area contributed by atoms with E-state index in [1.54, 1.807) is 30.8 Å². The van der Waals surface area contributed by atoms with Crippen molar-refractivity contribution in [2.45, 2.75) is 0 Å². The van der Waals surface area contributed by atoms with Crippen molar-refractivity contribution in [1.82, 2.24) is 9.97 Å². The molecule has 0 amide bonds. The predicted molar refractivity (Wildman–Crippen MR) is 140 cm³/mol. The molecule has 0 radical (unpaired) electrons. The van der Waals surface area contributed by atoms with Gasteiger partial charge < -0.3 is 11.4 Å². The molecule has 2 aromatic carbocycles. The fourth-order valence-electron chi connectivity index (χ4n) is 3.91. The Morgan fingerprint density at radius 3 is 1.94 bits per heavy atom. The third kappa shape index (κ3) is 4.52. The van der Waals surface area contributed by atoms with Gasteiger partial charge in [0.25, 0.3) is 0 Å². The van der Waals surface area contributed by atoms with E-state index in [1.807, 2.05) is 78.9 Å². The van der Waals surface area contributed by atoms with E-state index in [2.05, 4.69) is 26.4 Å². The Balaban J connectivity index is 1.40. The first kappa shape index (κ1) is 21.9. The van der Waals surface area contributed by atoms with Crippen molar-refractivity contribution in [3.05, 3.63) is 132 Å². The lowest BCUT2D eigenvalue weighted by molar-refractivity contribution is 0.261. The Morgan fingerprint density at radius 1 is 0.667 bits per heavy atom. The van der Waals surface area contributed by atoms with E-state index in [4.69, 9.17) is 11.4 Å². The highest BCUT2D eigenvalue weighted by atomic mass is 27.3. The van der Waals surface area contributed by atoms with Crippen LogP contribution in [0, 0.1) is 0 Å². The molecule has 0 bridgehead atoms. The van der Waals surface area contributed by atoms with Gasteiger partial charge in [-0.05, 0) is 54.6 Å². The zero-order valence-corrected chi connectivity index (χ0v) is 20.2. The summed E-state index contributed by atoms with van der Waals surface area (Å²) >= 11 is -2.94. The quantitative estimate of drug-likeness (QED) is 0.252. The molecular formula is C29H18AlN3O3. The maximum atomic E-state index is 6.48. The Hall–Kier alpha value is -4.62. The summed E-state index contributed by atoms with van der Waals surface area (Å²) in [7, 11) is 0. The second kappa shape index (κ2) is 9.94. The number of pyridine rings is 2. The lowest BCUT2D eigenvalue weighted by Gasteiger charge is -2.20. The van der Waals surface area contributed by atoms with Gasteiger partial charge in [-0.1, -0.05) is 36.4 Å². The Bertz CT molecular complexity index is 1610. The van der Waals surface area contributed by atoms with Gasteiger partial charge in [-0.25, -0.2) is 0 Å². The average molecular weight is 483 g/mol. The van der Waals surface area contributed by atoms with Crippen molar-refractivity contribution < 1.29 is 11.4 Å². The Kier molecular flexibility index (Phi) is 6.04. The van der Waals surface area contributed by atoms with Gasteiger partial charge in [-0.2, -0.15) is 0 Å². The molecule has 0 spiro atoms. The Morgan fingerprint density at radius 2 is 1.28 bits per heavy atom. The van der Waals surface area contributed by atoms with Crippen molar-refractivity contribution in [3.8, 4) is 11.5 Å². The van der Waals surface area contributed by atoms with Crippen LogP contribution in [0.1, 0.15) is 0 Å². The molecule has 2 aliphatic rings. The monoisotopic (exact) mass is 483 g/mol. The largest absolute Gasteiger partial charge is 1.20 e. The van der Waals surface area contributed by atoms with Gasteiger partial charge in [0.05, 0.1) is 0 Å². The lowest BCUT2D eigenvalue weighted by Crippen LogP contribution is -2.34. The van der Waals surface area contributed by atoms with Crippen LogP contribution in [0.2, 0.25) is 0 Å². The van der Waals surface area contributed by atoms with E-state index < -0.39 is 15.1 Å². The first-order chi connectivity index (χ1) is 17.8. The van der Waals surface area contributed by atoms with Gasteiger partial charge >= 0.3 is 15.1 Å². The van der Waals surface area contributed by atoms with Crippen LogP contribution in [0.5, 0.6) is 11.5 Å². The van der Waals surface area contributed by atoms with Crippen molar-refractivity contribution in [2.24, 2.45) is 4.99 Å². The highest BCUT2D eigenvalue weighted by molar-refractivity contribution is 6.39. The second-order valence-corrected chi connectivity index (χ2v) is 9.16. The van der Waals surface area contributed by atoms with E-state index in [0.717, 1.165) is 27.4 Å². The minimum atomic E-state index is -2.94. The van der Waals surface area contributed by atoms with E-state index in [1.165, 1.54) is 0 Å². The van der Waals surface area contributed by atoms with Crippen molar-refractivity contribution in [2.75, 3.05) is 0 Å². The summed E-state index contributed by atoms with van der Waals surface area (Å²) in [6, 6.07) is 19.3. The molecule has 6 nitrogen and oxygen atoms in total. The lowest BCUT2D eigenvalue weighted by atomic mass is 10.2. The third-order valence-electron chi connectivity index (χ3n) is 5.55. The number of fused-ring (bicyclic) bond motifs is 2. The molecule has 36 heavy (non-hydrogen) atoms. The topological polar surface area (TPSA) is 65.8 Å². The first-order valence-corrected chi connectivity index (χ1v) is 12.8. The summed E-state index contributed by atoms with van der Waals surface area (Å²) in [6.07, 6.45) is 14.2. The van der Waals surface area contributed by atoms with E-state index in [9.17, 15) is 0 Å². The van der Waals surface area contributed by atoms with Crippen LogP contribution in [0.25, 0.3) is 21.8 Å². The first-order valence-electron chi connectivity index (χ1n) is 11.4. The zero-order valence-electron chi connectivity index (χ0n) is 19.0. The maximum Gasteiger partial charge on any atom is 1.20 e. The molecule has 3 heterocycles. The third-order valence-corrected chi connectivity index (χ3v) is 6.89. The number of rotatable bonds is 6. The summed E-state index contributed by atoms with van der Waals surface area (Å²) in [6.45, 7) is 0. The van der Waals surface area contributed by atoms with Crippen LogP contribution < -0.4 is 7.58 Å². The number of aromatic nitrogens is 2. The van der Waals surface area contributed by atoms with Crippen molar-refractivity contribution >= 4 is 43.2 Å². The number of hydrogen-bond acceptors (Lipinski definition) is 6. The van der Waals surface area contributed by atoms with Crippen LogP contribution in [0.15, 0.2) is 137 Å². The fraction of sp³-hybridized carbons (Fsp3) is 0. The van der Waals surface area contributed by atoms with Crippen LogP contribution in [0.4, 0.5) is 0 Å². The minimum absolute atomic E-state index is 0.522. The maximum absolute atomic E-state index is 6.48. The standard InChI is InChI=1S/C11H7NO.2C9H7NO.Al/c13-10-7-2-1-5-9-6-3-4-8-12-11(9)10;2*11-8-5-1-3-7-4-2-6-10-9(7)8;/h2,4-8,13H;2*1-6,11H;/q;;;+3/p-3. The second-order valence-electron chi connectivity index (χ2n) is 7.87. The number of para-hydroxylation sites is 2. The van der Waals surface area contributed by atoms with Gasteiger partial charge in [-0.15, -0.1) is 11.5 Å². The molecule has 6 rings (SSSR count). The van der Waals surface area contributed by atoms with E-state index in [0.29, 0.717) is 23.0 Å². The molecule has 1 aliphatic carbocycles. The van der Waals surface area contributed by atoms with Gasteiger partial charge in [-0.3, -0.25) is 15.0 Å². The average Bonchev–Trinajstić information content (AvgIpc) is 3.26. The summed E-state index contributed by atoms with van der Waals surface area (Å²) in [5, 5.41) is 1.93. The molecule has 0 atom stereocenters. The summed E-state index contributed by atoms with van der Waals surface area (Å²) < 4.78 is 19.4. The van der Waals surface area contributed by atoms with Crippen molar-refractivity contribution in [3.63, 3.8) is 0 Å². The number of allylic oxidation sites excluding steroid dienone is 4. The van der Waals surface area contributed by atoms with Gasteiger partial charge in [0.1, 0.15) is 34.0 Å². The number of nitrogens with zero attached hydrogens (tertiary/aromatic N) is 3. The van der Waals surface area contributed by atoms with Crippen LogP contribution in [0.3, 0.4) is 0 Å². The zero-order chi connectivity index (χ0) is 24.2. The molecule has 0 saturated carbocycles. The van der Waals surface area contributed by atoms with Crippen molar-refractivity contribution in [1.29, 1.82) is 0 Å². The molecule has 4 aromatic rings. The normalized spacial score (nSPS) is 13.8. The SMILES string of the molecule is C1=CC=NC2=C(C=1)C=C=CC=C2[O][Al]([O]c1cccc2cccnc12)[O]c1cccc2cccnc12. The minimum Gasteiger partial charge on any atom is -0.576 e. The number of benzene rings is 2. The van der Waals surface area contributed by atoms with Crippen LogP contribution >= 0.6 is 0 Å². The molecular weight excluding hydrogens is 465 g/mol.